The third-order valence-corrected chi connectivity index (χ3v) is 4.31. The maximum Gasteiger partial charge on any atom is 0.315 e. The molecule has 0 aliphatic heterocycles. The summed E-state index contributed by atoms with van der Waals surface area (Å²) in [7, 11) is 0. The topological polar surface area (TPSA) is 50.4 Å². The summed E-state index contributed by atoms with van der Waals surface area (Å²) < 4.78 is 5.59. The van der Waals surface area contributed by atoms with Crippen LogP contribution in [0.3, 0.4) is 0 Å². The maximum absolute atomic E-state index is 11.9. The first kappa shape index (κ1) is 18.2. The van der Waals surface area contributed by atoms with E-state index in [1.54, 1.807) is 11.8 Å². The lowest BCUT2D eigenvalue weighted by Gasteiger charge is -2.11. The lowest BCUT2D eigenvalue weighted by atomic mass is 10.1. The van der Waals surface area contributed by atoms with Gasteiger partial charge in [0.2, 0.25) is 0 Å². The molecule has 0 saturated heterocycles. The molecule has 2 rings (SSSR count). The number of nitrogens with one attached hydrogen (secondary N) is 2. The first-order valence-corrected chi connectivity index (χ1v) is 9.30. The van der Waals surface area contributed by atoms with Crippen LogP contribution in [0.1, 0.15) is 18.1 Å². The number of benzene rings is 2. The fourth-order valence-corrected chi connectivity index (χ4v) is 2.71. The SMILES string of the molecule is CCOc1ccccc1CCNC(=O)NCc1ccc(SC)cc1. The number of ether oxygens (including phenoxy) is 1. The zero-order valence-corrected chi connectivity index (χ0v) is 15.0. The molecule has 2 aromatic rings. The third-order valence-electron chi connectivity index (χ3n) is 3.56. The number of rotatable bonds is 8. The van der Waals surface area contributed by atoms with Gasteiger partial charge in [0.1, 0.15) is 5.75 Å². The number of thioether (sulfide) groups is 1. The van der Waals surface area contributed by atoms with Crippen LogP contribution < -0.4 is 15.4 Å². The molecule has 0 aliphatic rings. The molecule has 0 aromatic heterocycles. The molecular weight excluding hydrogens is 320 g/mol. The van der Waals surface area contributed by atoms with Crippen LogP contribution in [0.2, 0.25) is 0 Å². The summed E-state index contributed by atoms with van der Waals surface area (Å²) in [6, 6.07) is 15.9. The van der Waals surface area contributed by atoms with Gasteiger partial charge in [0.15, 0.2) is 0 Å². The third kappa shape index (κ3) is 5.81. The van der Waals surface area contributed by atoms with Gasteiger partial charge in [0.25, 0.3) is 0 Å². The monoisotopic (exact) mass is 344 g/mol. The molecule has 0 bridgehead atoms. The van der Waals surface area contributed by atoms with E-state index in [0.29, 0.717) is 19.7 Å². The minimum atomic E-state index is -0.155. The van der Waals surface area contributed by atoms with Crippen LogP contribution in [0.5, 0.6) is 5.75 Å². The molecule has 2 amide bonds. The number of carbonyl (C=O) groups is 1. The van der Waals surface area contributed by atoms with Crippen molar-refractivity contribution < 1.29 is 9.53 Å². The summed E-state index contributed by atoms with van der Waals surface area (Å²) in [5.41, 5.74) is 2.19. The van der Waals surface area contributed by atoms with Crippen molar-refractivity contribution in [2.24, 2.45) is 0 Å². The zero-order chi connectivity index (χ0) is 17.2. The van der Waals surface area contributed by atoms with Gasteiger partial charge < -0.3 is 15.4 Å². The van der Waals surface area contributed by atoms with Crippen LogP contribution in [-0.2, 0) is 13.0 Å². The lowest BCUT2D eigenvalue weighted by Crippen LogP contribution is -2.36. The van der Waals surface area contributed by atoms with Crippen LogP contribution >= 0.6 is 11.8 Å². The van der Waals surface area contributed by atoms with Crippen molar-refractivity contribution in [3.8, 4) is 5.75 Å². The van der Waals surface area contributed by atoms with E-state index in [-0.39, 0.29) is 6.03 Å². The molecule has 2 N–H and O–H groups in total. The van der Waals surface area contributed by atoms with E-state index < -0.39 is 0 Å². The average Bonchev–Trinajstić information content (AvgIpc) is 2.62. The van der Waals surface area contributed by atoms with Gasteiger partial charge in [-0.1, -0.05) is 30.3 Å². The van der Waals surface area contributed by atoms with Gasteiger partial charge in [0.05, 0.1) is 6.61 Å². The van der Waals surface area contributed by atoms with Crippen molar-refractivity contribution >= 4 is 17.8 Å². The molecule has 24 heavy (non-hydrogen) atoms. The molecule has 0 unspecified atom stereocenters. The van der Waals surface area contributed by atoms with E-state index in [9.17, 15) is 4.79 Å². The van der Waals surface area contributed by atoms with Gasteiger partial charge in [-0.05, 0) is 48.9 Å². The van der Waals surface area contributed by atoms with Gasteiger partial charge in [0, 0.05) is 18.0 Å². The predicted octanol–water partition coefficient (Wildman–Crippen LogP) is 3.85. The van der Waals surface area contributed by atoms with E-state index in [1.165, 1.54) is 4.90 Å². The normalized spacial score (nSPS) is 10.2. The largest absolute Gasteiger partial charge is 0.494 e. The number of urea groups is 1. The molecule has 128 valence electrons. The highest BCUT2D eigenvalue weighted by atomic mass is 32.2. The van der Waals surface area contributed by atoms with Crippen LogP contribution in [0.15, 0.2) is 53.4 Å². The van der Waals surface area contributed by atoms with Crippen molar-refractivity contribution in [3.63, 3.8) is 0 Å². The van der Waals surface area contributed by atoms with Gasteiger partial charge in [-0.3, -0.25) is 0 Å². The Morgan fingerprint density at radius 3 is 2.54 bits per heavy atom. The summed E-state index contributed by atoms with van der Waals surface area (Å²) in [5.74, 6) is 0.885. The zero-order valence-electron chi connectivity index (χ0n) is 14.2. The molecule has 2 aromatic carbocycles. The molecule has 0 radical (unpaired) electrons. The van der Waals surface area contributed by atoms with Crippen molar-refractivity contribution in [1.82, 2.24) is 10.6 Å². The summed E-state index contributed by atoms with van der Waals surface area (Å²) >= 11 is 1.71. The van der Waals surface area contributed by atoms with Gasteiger partial charge in [-0.15, -0.1) is 11.8 Å². The predicted molar refractivity (Wildman–Crippen MR) is 99.8 cm³/mol. The Bertz CT molecular complexity index is 644. The second kappa shape index (κ2) is 9.88. The summed E-state index contributed by atoms with van der Waals surface area (Å²) in [6.07, 6.45) is 2.79. The molecule has 0 fully saturated rings. The highest BCUT2D eigenvalue weighted by Gasteiger charge is 2.04. The first-order chi connectivity index (χ1) is 11.7. The molecule has 0 saturated carbocycles. The fraction of sp³-hybridized carbons (Fsp3) is 0.316. The van der Waals surface area contributed by atoms with Crippen LogP contribution in [0, 0.1) is 0 Å². The number of hydrogen-bond acceptors (Lipinski definition) is 3. The van der Waals surface area contributed by atoms with Crippen LogP contribution in [-0.4, -0.2) is 25.4 Å². The van der Waals surface area contributed by atoms with E-state index in [4.69, 9.17) is 4.74 Å². The van der Waals surface area contributed by atoms with E-state index >= 15 is 0 Å². The van der Waals surface area contributed by atoms with Crippen molar-refractivity contribution in [1.29, 1.82) is 0 Å². The number of para-hydroxylation sites is 1. The van der Waals surface area contributed by atoms with Crippen molar-refractivity contribution in [2.45, 2.75) is 24.8 Å². The van der Waals surface area contributed by atoms with Crippen molar-refractivity contribution in [3.05, 3.63) is 59.7 Å². The Morgan fingerprint density at radius 2 is 1.83 bits per heavy atom. The quantitative estimate of drug-likeness (QED) is 0.715. The second-order valence-electron chi connectivity index (χ2n) is 5.25. The van der Waals surface area contributed by atoms with Gasteiger partial charge in [-0.25, -0.2) is 4.79 Å². The highest BCUT2D eigenvalue weighted by Crippen LogP contribution is 2.18. The van der Waals surface area contributed by atoms with E-state index in [0.717, 1.165) is 23.3 Å². The fourth-order valence-electron chi connectivity index (χ4n) is 2.31. The molecule has 0 atom stereocenters. The summed E-state index contributed by atoms with van der Waals surface area (Å²) in [6.45, 7) is 3.70. The standard InChI is InChI=1S/C19H24N2O2S/c1-3-23-18-7-5-4-6-16(18)12-13-20-19(22)21-14-15-8-10-17(24-2)11-9-15/h4-11H,3,12-14H2,1-2H3,(H2,20,21,22). The van der Waals surface area contributed by atoms with E-state index in [1.807, 2.05) is 49.6 Å². The number of amides is 2. The van der Waals surface area contributed by atoms with Crippen LogP contribution in [0.25, 0.3) is 0 Å². The van der Waals surface area contributed by atoms with Crippen molar-refractivity contribution in [2.75, 3.05) is 19.4 Å². The Hall–Kier alpha value is -2.14. The Balaban J connectivity index is 1.73. The summed E-state index contributed by atoms with van der Waals surface area (Å²) in [4.78, 5) is 13.1. The molecule has 4 nitrogen and oxygen atoms in total. The summed E-state index contributed by atoms with van der Waals surface area (Å²) in [5, 5.41) is 5.76. The Labute approximate surface area is 148 Å². The molecule has 0 heterocycles. The Kier molecular flexibility index (Phi) is 7.49. The minimum absolute atomic E-state index is 0.155. The average molecular weight is 344 g/mol. The minimum Gasteiger partial charge on any atom is -0.494 e. The molecule has 5 heteroatoms. The lowest BCUT2D eigenvalue weighted by molar-refractivity contribution is 0.240. The highest BCUT2D eigenvalue weighted by molar-refractivity contribution is 7.98. The molecule has 0 spiro atoms. The van der Waals surface area contributed by atoms with Crippen LogP contribution in [0.4, 0.5) is 4.79 Å². The van der Waals surface area contributed by atoms with E-state index in [2.05, 4.69) is 22.8 Å². The molecule has 0 aliphatic carbocycles. The number of carbonyl (C=O) groups excluding carboxylic acids is 1. The van der Waals surface area contributed by atoms with Gasteiger partial charge in [-0.2, -0.15) is 0 Å². The smallest absolute Gasteiger partial charge is 0.315 e. The van der Waals surface area contributed by atoms with Gasteiger partial charge >= 0.3 is 6.03 Å². The number of hydrogen-bond donors (Lipinski definition) is 2. The Morgan fingerprint density at radius 1 is 1.08 bits per heavy atom. The first-order valence-electron chi connectivity index (χ1n) is 8.08. The molecular formula is C19H24N2O2S. The maximum atomic E-state index is 11.9. The second-order valence-corrected chi connectivity index (χ2v) is 6.13.